The number of alkyl halides is 2. The number of nitrogens with two attached hydrogens (primary N) is 1. The number of nitrogens with zero attached hydrogens (tertiary/aromatic N) is 1. The first kappa shape index (κ1) is 16.4. The van der Waals surface area contributed by atoms with E-state index in [0.29, 0.717) is 5.69 Å². The van der Waals surface area contributed by atoms with Gasteiger partial charge < -0.3 is 25.8 Å². The van der Waals surface area contributed by atoms with Crippen molar-refractivity contribution in [3.05, 3.63) is 24.3 Å². The molecule has 4 N–H and O–H groups in total. The van der Waals surface area contributed by atoms with E-state index in [-0.39, 0.29) is 23.8 Å². The van der Waals surface area contributed by atoms with Gasteiger partial charge in [0.1, 0.15) is 11.8 Å². The van der Waals surface area contributed by atoms with Crippen molar-refractivity contribution in [1.29, 1.82) is 0 Å². The Hall–Kier alpha value is -2.00. The SMILES string of the molecule is NC(=O)[C@H]1C[C@@H](O)CN1C(=S)Nc1ccc(OC(F)F)cc1. The molecule has 120 valence electrons. The van der Waals surface area contributed by atoms with E-state index in [2.05, 4.69) is 10.1 Å². The number of aliphatic hydroxyl groups is 1. The minimum Gasteiger partial charge on any atom is -0.435 e. The molecular weight excluding hydrogens is 316 g/mol. The molecule has 9 heteroatoms. The molecule has 0 saturated carbocycles. The van der Waals surface area contributed by atoms with Gasteiger partial charge in [-0.2, -0.15) is 8.78 Å². The van der Waals surface area contributed by atoms with Crippen molar-refractivity contribution in [1.82, 2.24) is 4.90 Å². The molecule has 0 spiro atoms. The van der Waals surface area contributed by atoms with E-state index in [9.17, 15) is 18.7 Å². The van der Waals surface area contributed by atoms with Crippen LogP contribution < -0.4 is 15.8 Å². The Kier molecular flexibility index (Phi) is 5.09. The third kappa shape index (κ3) is 4.01. The average Bonchev–Trinajstić information content (AvgIpc) is 2.83. The Morgan fingerprint density at radius 3 is 2.64 bits per heavy atom. The number of nitrogens with one attached hydrogen (secondary N) is 1. The summed E-state index contributed by atoms with van der Waals surface area (Å²) in [6.45, 7) is -2.69. The number of aliphatic hydroxyl groups excluding tert-OH is 1. The van der Waals surface area contributed by atoms with Crippen LogP contribution in [0.5, 0.6) is 5.75 Å². The first-order valence-electron chi connectivity index (χ1n) is 6.46. The highest BCUT2D eigenvalue weighted by atomic mass is 32.1. The van der Waals surface area contributed by atoms with Crippen LogP contribution in [-0.4, -0.2) is 46.3 Å². The molecule has 2 rings (SSSR count). The van der Waals surface area contributed by atoms with Gasteiger partial charge in [0, 0.05) is 18.7 Å². The number of primary amides is 1. The molecule has 0 radical (unpaired) electrons. The number of hydrogen-bond donors (Lipinski definition) is 3. The first-order chi connectivity index (χ1) is 10.4. The van der Waals surface area contributed by atoms with E-state index < -0.39 is 24.7 Å². The maximum atomic E-state index is 12.1. The van der Waals surface area contributed by atoms with Crippen molar-refractivity contribution in [3.8, 4) is 5.75 Å². The molecule has 1 aromatic carbocycles. The van der Waals surface area contributed by atoms with Crippen LogP contribution in [-0.2, 0) is 4.79 Å². The minimum atomic E-state index is -2.89. The smallest absolute Gasteiger partial charge is 0.387 e. The van der Waals surface area contributed by atoms with E-state index in [0.717, 1.165) is 0 Å². The van der Waals surface area contributed by atoms with Crippen molar-refractivity contribution in [2.75, 3.05) is 11.9 Å². The van der Waals surface area contributed by atoms with Gasteiger partial charge in [0.05, 0.1) is 6.10 Å². The zero-order valence-electron chi connectivity index (χ0n) is 11.4. The Morgan fingerprint density at radius 2 is 2.09 bits per heavy atom. The van der Waals surface area contributed by atoms with E-state index in [1.54, 1.807) is 0 Å². The van der Waals surface area contributed by atoms with Crippen LogP contribution in [0.3, 0.4) is 0 Å². The third-order valence-corrected chi connectivity index (χ3v) is 3.54. The Morgan fingerprint density at radius 1 is 1.45 bits per heavy atom. The summed E-state index contributed by atoms with van der Waals surface area (Å²) >= 11 is 5.19. The number of β-amino-alcohol motifs (C(OH)–C–C–N with tert-alkyl or cyclic N) is 1. The number of ether oxygens (including phenoxy) is 1. The van der Waals surface area contributed by atoms with Gasteiger partial charge >= 0.3 is 6.61 Å². The van der Waals surface area contributed by atoms with Gasteiger partial charge in [-0.15, -0.1) is 0 Å². The topological polar surface area (TPSA) is 87.8 Å². The number of carbonyl (C=O) groups is 1. The predicted molar refractivity (Wildman–Crippen MR) is 79.6 cm³/mol. The highest BCUT2D eigenvalue weighted by molar-refractivity contribution is 7.80. The summed E-state index contributed by atoms with van der Waals surface area (Å²) in [5.41, 5.74) is 5.82. The fourth-order valence-corrected chi connectivity index (χ4v) is 2.54. The number of benzene rings is 1. The molecular formula is C13H15F2N3O3S. The van der Waals surface area contributed by atoms with Crippen LogP contribution in [0.15, 0.2) is 24.3 Å². The first-order valence-corrected chi connectivity index (χ1v) is 6.87. The lowest BCUT2D eigenvalue weighted by atomic mass is 10.2. The van der Waals surface area contributed by atoms with Crippen molar-refractivity contribution < 1.29 is 23.4 Å². The summed E-state index contributed by atoms with van der Waals surface area (Å²) in [4.78, 5) is 12.9. The molecule has 0 unspecified atom stereocenters. The molecule has 22 heavy (non-hydrogen) atoms. The van der Waals surface area contributed by atoms with Gasteiger partial charge in [0.15, 0.2) is 5.11 Å². The number of rotatable bonds is 4. The highest BCUT2D eigenvalue weighted by Crippen LogP contribution is 2.21. The fourth-order valence-electron chi connectivity index (χ4n) is 2.22. The van der Waals surface area contributed by atoms with Crippen LogP contribution in [0.2, 0.25) is 0 Å². The summed E-state index contributed by atoms with van der Waals surface area (Å²) in [5, 5.41) is 12.7. The number of halogens is 2. The molecule has 6 nitrogen and oxygen atoms in total. The van der Waals surface area contributed by atoms with E-state index in [1.165, 1.54) is 29.2 Å². The summed E-state index contributed by atoms with van der Waals surface area (Å²) in [6, 6.07) is 5.07. The summed E-state index contributed by atoms with van der Waals surface area (Å²) in [5.74, 6) is -0.542. The van der Waals surface area contributed by atoms with Gasteiger partial charge in [-0.25, -0.2) is 0 Å². The van der Waals surface area contributed by atoms with E-state index in [4.69, 9.17) is 18.0 Å². The predicted octanol–water partition coefficient (Wildman–Crippen LogP) is 0.905. The number of hydrogen-bond acceptors (Lipinski definition) is 4. The Balaban J connectivity index is 2.00. The maximum Gasteiger partial charge on any atom is 0.387 e. The Labute approximate surface area is 130 Å². The molecule has 1 amide bonds. The lowest BCUT2D eigenvalue weighted by molar-refractivity contribution is -0.121. The van der Waals surface area contributed by atoms with Gasteiger partial charge in [-0.3, -0.25) is 4.79 Å². The van der Waals surface area contributed by atoms with Crippen molar-refractivity contribution in [3.63, 3.8) is 0 Å². The molecule has 2 atom stereocenters. The molecule has 0 aliphatic carbocycles. The van der Waals surface area contributed by atoms with Crippen LogP contribution in [0.25, 0.3) is 0 Å². The molecule has 1 saturated heterocycles. The quantitative estimate of drug-likeness (QED) is 0.711. The number of anilines is 1. The molecule has 1 aliphatic heterocycles. The van der Waals surface area contributed by atoms with Crippen LogP contribution in [0.1, 0.15) is 6.42 Å². The second-order valence-electron chi connectivity index (χ2n) is 4.79. The summed E-state index contributed by atoms with van der Waals surface area (Å²) in [7, 11) is 0. The monoisotopic (exact) mass is 331 g/mol. The second kappa shape index (κ2) is 6.84. The highest BCUT2D eigenvalue weighted by Gasteiger charge is 2.36. The number of amides is 1. The van der Waals surface area contributed by atoms with Gasteiger partial charge in [-0.1, -0.05) is 0 Å². The summed E-state index contributed by atoms with van der Waals surface area (Å²) < 4.78 is 28.4. The maximum absolute atomic E-state index is 12.1. The van der Waals surface area contributed by atoms with Gasteiger partial charge in [0.25, 0.3) is 0 Å². The van der Waals surface area contributed by atoms with Crippen molar-refractivity contribution in [2.45, 2.75) is 25.2 Å². The molecule has 1 aromatic rings. The van der Waals surface area contributed by atoms with Crippen molar-refractivity contribution >= 4 is 28.9 Å². The molecule has 0 aromatic heterocycles. The zero-order chi connectivity index (χ0) is 16.3. The summed E-state index contributed by atoms with van der Waals surface area (Å²) in [6.07, 6.45) is -0.461. The zero-order valence-corrected chi connectivity index (χ0v) is 12.2. The lowest BCUT2D eigenvalue weighted by Crippen LogP contribution is -2.45. The fraction of sp³-hybridized carbons (Fsp3) is 0.385. The van der Waals surface area contributed by atoms with Crippen LogP contribution >= 0.6 is 12.2 Å². The lowest BCUT2D eigenvalue weighted by Gasteiger charge is -2.25. The largest absolute Gasteiger partial charge is 0.435 e. The molecule has 0 bridgehead atoms. The average molecular weight is 331 g/mol. The second-order valence-corrected chi connectivity index (χ2v) is 5.18. The van der Waals surface area contributed by atoms with E-state index >= 15 is 0 Å². The van der Waals surface area contributed by atoms with Crippen LogP contribution in [0, 0.1) is 0 Å². The normalized spacial score (nSPS) is 21.0. The number of carbonyl (C=O) groups excluding carboxylic acids is 1. The minimum absolute atomic E-state index is 0.0260. The van der Waals surface area contributed by atoms with Crippen molar-refractivity contribution in [2.24, 2.45) is 5.73 Å². The molecule has 1 aliphatic rings. The third-order valence-electron chi connectivity index (χ3n) is 3.20. The van der Waals surface area contributed by atoms with Gasteiger partial charge in [0.2, 0.25) is 5.91 Å². The number of likely N-dealkylation sites (tertiary alicyclic amines) is 1. The standard InChI is InChI=1S/C13H15F2N3O3S/c14-12(15)21-9-3-1-7(2-4-9)17-13(22)18-6-8(19)5-10(18)11(16)20/h1-4,8,10,12,19H,5-6H2,(H2,16,20)(H,17,22)/t8-,10-/m1/s1. The van der Waals surface area contributed by atoms with Gasteiger partial charge in [-0.05, 0) is 36.5 Å². The number of thiocarbonyl (C=S) groups is 1. The Bertz CT molecular complexity index is 556. The molecule has 1 heterocycles. The van der Waals surface area contributed by atoms with E-state index in [1.807, 2.05) is 0 Å². The molecule has 1 fully saturated rings. The van der Waals surface area contributed by atoms with Crippen LogP contribution in [0.4, 0.5) is 14.5 Å².